The third-order valence-corrected chi connectivity index (χ3v) is 4.85. The number of thioether (sulfide) groups is 1. The van der Waals surface area contributed by atoms with Crippen LogP contribution in [-0.2, 0) is 4.79 Å². The lowest BCUT2D eigenvalue weighted by Crippen LogP contribution is -2.38. The van der Waals surface area contributed by atoms with Gasteiger partial charge in [0, 0.05) is 11.4 Å². The quantitative estimate of drug-likeness (QED) is 0.819. The first-order chi connectivity index (χ1) is 9.65. The predicted octanol–water partition coefficient (Wildman–Crippen LogP) is 2.51. The second-order valence-electron chi connectivity index (χ2n) is 5.57. The summed E-state index contributed by atoms with van der Waals surface area (Å²) in [4.78, 5) is 13.1. The average Bonchev–Trinajstić information content (AvgIpc) is 2.47. The van der Waals surface area contributed by atoms with E-state index in [-0.39, 0.29) is 5.91 Å². The average molecular weight is 292 g/mol. The van der Waals surface area contributed by atoms with E-state index in [2.05, 4.69) is 42.7 Å². The van der Waals surface area contributed by atoms with Gasteiger partial charge in [-0.15, -0.1) is 11.8 Å². The molecule has 1 aliphatic rings. The van der Waals surface area contributed by atoms with Crippen LogP contribution in [0.2, 0.25) is 0 Å². The summed E-state index contributed by atoms with van der Waals surface area (Å²) in [5.74, 6) is 1.24. The topological polar surface area (TPSA) is 41.1 Å². The molecule has 2 rings (SSSR count). The number of benzene rings is 1. The lowest BCUT2D eigenvalue weighted by atomic mass is 10.00. The van der Waals surface area contributed by atoms with Crippen molar-refractivity contribution < 1.29 is 4.79 Å². The fourth-order valence-electron chi connectivity index (χ4n) is 2.41. The molecule has 1 heterocycles. The van der Waals surface area contributed by atoms with Gasteiger partial charge in [-0.25, -0.2) is 0 Å². The van der Waals surface area contributed by atoms with E-state index in [1.165, 1.54) is 28.9 Å². The van der Waals surface area contributed by atoms with Gasteiger partial charge < -0.3 is 10.6 Å². The first kappa shape index (κ1) is 15.4. The van der Waals surface area contributed by atoms with Gasteiger partial charge in [0.05, 0.1) is 5.75 Å². The molecule has 0 saturated carbocycles. The maximum absolute atomic E-state index is 11.9. The van der Waals surface area contributed by atoms with Crippen LogP contribution in [0.5, 0.6) is 0 Å². The van der Waals surface area contributed by atoms with Crippen LogP contribution < -0.4 is 10.6 Å². The molecule has 1 unspecified atom stereocenters. The normalized spacial score (nSPS) is 18.8. The van der Waals surface area contributed by atoms with Crippen LogP contribution in [0.15, 0.2) is 23.1 Å². The molecule has 0 bridgehead atoms. The highest BCUT2D eigenvalue weighted by Gasteiger charge is 2.14. The Morgan fingerprint density at radius 1 is 1.45 bits per heavy atom. The van der Waals surface area contributed by atoms with Crippen molar-refractivity contribution in [1.29, 1.82) is 0 Å². The zero-order valence-corrected chi connectivity index (χ0v) is 13.2. The van der Waals surface area contributed by atoms with Crippen molar-refractivity contribution in [3.8, 4) is 0 Å². The third-order valence-electron chi connectivity index (χ3n) is 3.69. The van der Waals surface area contributed by atoms with Gasteiger partial charge in [0.25, 0.3) is 0 Å². The highest BCUT2D eigenvalue weighted by atomic mass is 32.2. The largest absolute Gasteiger partial charge is 0.355 e. The maximum Gasteiger partial charge on any atom is 0.230 e. The molecule has 2 N–H and O–H groups in total. The lowest BCUT2D eigenvalue weighted by molar-refractivity contribution is -0.118. The van der Waals surface area contributed by atoms with Crippen LogP contribution in [0.3, 0.4) is 0 Å². The molecule has 1 aromatic carbocycles. The molecule has 0 radical (unpaired) electrons. The van der Waals surface area contributed by atoms with Crippen molar-refractivity contribution in [3.05, 3.63) is 29.3 Å². The number of hydrogen-bond donors (Lipinski definition) is 2. The van der Waals surface area contributed by atoms with E-state index in [4.69, 9.17) is 0 Å². The van der Waals surface area contributed by atoms with Crippen molar-refractivity contribution in [2.45, 2.75) is 31.6 Å². The minimum atomic E-state index is 0.140. The Hall–Kier alpha value is -1.00. The second-order valence-corrected chi connectivity index (χ2v) is 6.59. The van der Waals surface area contributed by atoms with Crippen LogP contribution in [0.4, 0.5) is 0 Å². The monoisotopic (exact) mass is 292 g/mol. The minimum absolute atomic E-state index is 0.140. The van der Waals surface area contributed by atoms with Crippen LogP contribution in [0.25, 0.3) is 0 Å². The molecule has 0 spiro atoms. The highest BCUT2D eigenvalue weighted by molar-refractivity contribution is 8.00. The number of piperidine rings is 1. The standard InChI is InChI=1S/C16H24N2OS/c1-12-5-6-13(2)15(8-12)20-11-16(19)18-10-14-4-3-7-17-9-14/h5-6,8,14,17H,3-4,7,9-11H2,1-2H3,(H,18,19). The van der Waals surface area contributed by atoms with E-state index >= 15 is 0 Å². The first-order valence-corrected chi connectivity index (χ1v) is 8.31. The number of amides is 1. The second kappa shape index (κ2) is 7.70. The molecular weight excluding hydrogens is 268 g/mol. The Balaban J connectivity index is 1.73. The van der Waals surface area contributed by atoms with Gasteiger partial charge in [-0.1, -0.05) is 17.7 Å². The zero-order valence-electron chi connectivity index (χ0n) is 12.4. The smallest absolute Gasteiger partial charge is 0.230 e. The summed E-state index contributed by atoms with van der Waals surface area (Å²) in [5, 5.41) is 6.43. The lowest BCUT2D eigenvalue weighted by Gasteiger charge is -2.22. The molecule has 110 valence electrons. The van der Waals surface area contributed by atoms with Crippen molar-refractivity contribution in [1.82, 2.24) is 10.6 Å². The molecule has 0 aromatic heterocycles. The van der Waals surface area contributed by atoms with Crippen LogP contribution in [0.1, 0.15) is 24.0 Å². The van der Waals surface area contributed by atoms with Crippen LogP contribution in [0, 0.1) is 19.8 Å². The fraction of sp³-hybridized carbons (Fsp3) is 0.562. The van der Waals surface area contributed by atoms with Gasteiger partial charge in [0.15, 0.2) is 0 Å². The number of rotatable bonds is 5. The summed E-state index contributed by atoms with van der Waals surface area (Å²) >= 11 is 1.63. The Morgan fingerprint density at radius 3 is 3.05 bits per heavy atom. The molecule has 1 aliphatic heterocycles. The Morgan fingerprint density at radius 2 is 2.30 bits per heavy atom. The maximum atomic E-state index is 11.9. The number of aryl methyl sites for hydroxylation is 2. The van der Waals surface area contributed by atoms with Gasteiger partial charge >= 0.3 is 0 Å². The van der Waals surface area contributed by atoms with E-state index < -0.39 is 0 Å². The fourth-order valence-corrected chi connectivity index (χ4v) is 3.37. The summed E-state index contributed by atoms with van der Waals surface area (Å²) in [7, 11) is 0. The highest BCUT2D eigenvalue weighted by Crippen LogP contribution is 2.23. The molecule has 20 heavy (non-hydrogen) atoms. The van der Waals surface area contributed by atoms with Gasteiger partial charge in [0.1, 0.15) is 0 Å². The molecule has 3 nitrogen and oxygen atoms in total. The summed E-state index contributed by atoms with van der Waals surface area (Å²) < 4.78 is 0. The van der Waals surface area contributed by atoms with Gasteiger partial charge in [-0.3, -0.25) is 4.79 Å². The number of hydrogen-bond acceptors (Lipinski definition) is 3. The van der Waals surface area contributed by atoms with E-state index in [1.54, 1.807) is 11.8 Å². The minimum Gasteiger partial charge on any atom is -0.355 e. The molecule has 1 saturated heterocycles. The van der Waals surface area contributed by atoms with E-state index in [1.807, 2.05) is 0 Å². The molecule has 4 heteroatoms. The summed E-state index contributed by atoms with van der Waals surface area (Å²) in [5.41, 5.74) is 2.48. The summed E-state index contributed by atoms with van der Waals surface area (Å²) in [6, 6.07) is 6.37. The first-order valence-electron chi connectivity index (χ1n) is 7.32. The number of carbonyl (C=O) groups is 1. The molecule has 1 amide bonds. The third kappa shape index (κ3) is 4.84. The van der Waals surface area contributed by atoms with Crippen molar-refractivity contribution in [2.75, 3.05) is 25.4 Å². The number of nitrogens with one attached hydrogen (secondary N) is 2. The van der Waals surface area contributed by atoms with Crippen LogP contribution in [-0.4, -0.2) is 31.3 Å². The number of carbonyl (C=O) groups excluding carboxylic acids is 1. The van der Waals surface area contributed by atoms with Crippen LogP contribution >= 0.6 is 11.8 Å². The molecular formula is C16H24N2OS. The van der Waals surface area contributed by atoms with E-state index in [9.17, 15) is 4.79 Å². The SMILES string of the molecule is Cc1ccc(C)c(SCC(=O)NCC2CCCNC2)c1. The van der Waals surface area contributed by atoms with Crippen molar-refractivity contribution >= 4 is 17.7 Å². The molecule has 0 aliphatic carbocycles. The summed E-state index contributed by atoms with van der Waals surface area (Å²) in [6.45, 7) is 7.13. The Bertz CT molecular complexity index is 456. The molecule has 1 aromatic rings. The van der Waals surface area contributed by atoms with Crippen molar-refractivity contribution in [3.63, 3.8) is 0 Å². The van der Waals surface area contributed by atoms with Gasteiger partial charge in [-0.05, 0) is 57.3 Å². The van der Waals surface area contributed by atoms with E-state index in [0.29, 0.717) is 11.7 Å². The van der Waals surface area contributed by atoms with E-state index in [0.717, 1.165) is 19.6 Å². The molecule has 1 atom stereocenters. The van der Waals surface area contributed by atoms with Crippen molar-refractivity contribution in [2.24, 2.45) is 5.92 Å². The van der Waals surface area contributed by atoms with Gasteiger partial charge in [0.2, 0.25) is 5.91 Å². The van der Waals surface area contributed by atoms with Gasteiger partial charge in [-0.2, -0.15) is 0 Å². The Kier molecular flexibility index (Phi) is 5.92. The zero-order chi connectivity index (χ0) is 14.4. The Labute approximate surface area is 125 Å². The predicted molar refractivity (Wildman–Crippen MR) is 85.2 cm³/mol. The summed E-state index contributed by atoms with van der Waals surface area (Å²) in [6.07, 6.45) is 2.44. The molecule has 1 fully saturated rings.